The van der Waals surface area contributed by atoms with E-state index in [1.54, 1.807) is 37.3 Å². The Labute approximate surface area is 299 Å². The van der Waals surface area contributed by atoms with E-state index in [9.17, 15) is 26.4 Å². The highest BCUT2D eigenvalue weighted by atomic mass is 32.2. The second-order valence-corrected chi connectivity index (χ2v) is 14.9. The molecule has 3 unspecified atom stereocenters. The third kappa shape index (κ3) is 10.3. The van der Waals surface area contributed by atoms with Crippen molar-refractivity contribution >= 4 is 34.3 Å². The van der Waals surface area contributed by atoms with Crippen molar-refractivity contribution in [3.05, 3.63) is 64.6 Å². The second-order valence-electron chi connectivity index (χ2n) is 13.8. The molecule has 1 aliphatic heterocycles. The molecule has 0 bridgehead atoms. The van der Waals surface area contributed by atoms with Gasteiger partial charge >= 0.3 is 6.18 Å². The molecule has 2 fully saturated rings. The van der Waals surface area contributed by atoms with E-state index in [0.29, 0.717) is 41.2 Å². The number of hydrogen-bond donors (Lipinski definition) is 4. The average molecular weight is 735 g/mol. The number of piperazine rings is 1. The van der Waals surface area contributed by atoms with Crippen LogP contribution >= 0.6 is 0 Å². The van der Waals surface area contributed by atoms with Crippen LogP contribution in [0.1, 0.15) is 56.2 Å². The number of nitrogens with zero attached hydrogens (tertiary/aromatic N) is 5. The standard InChI is InChI=1S/C35H49F3N8O4S/c1-22-6-9-27(30(16-22)44(4)51(48)49)19-39-32-28(35(36,37)38)20-40-34(43-32)42-29-11-10-26(18-31(29)50-5)33(47)41-23(2)17-24(3)46-14-12-45(13-15-46)21-25-7-8-25/h6,9-10,16,18,20,23-25,29,51H,7-8,11-15,17,19,21H2,1-5H3,(H,41,47)(H2,39,40,42,43). The molecule has 1 saturated heterocycles. The van der Waals surface area contributed by atoms with Gasteiger partial charge in [0.1, 0.15) is 17.1 Å². The highest BCUT2D eigenvalue weighted by Gasteiger charge is 2.36. The van der Waals surface area contributed by atoms with Crippen molar-refractivity contribution in [1.82, 2.24) is 25.1 Å². The summed E-state index contributed by atoms with van der Waals surface area (Å²) in [7, 11) is -0.130. The van der Waals surface area contributed by atoms with E-state index in [-0.39, 0.29) is 24.4 Å². The van der Waals surface area contributed by atoms with Crippen molar-refractivity contribution in [2.75, 3.05) is 61.8 Å². The van der Waals surface area contributed by atoms with Crippen LogP contribution in [0.4, 0.5) is 30.6 Å². The van der Waals surface area contributed by atoms with Crippen molar-refractivity contribution in [3.8, 4) is 0 Å². The molecule has 2 aromatic rings. The Balaban J connectivity index is 1.19. The molecular formula is C35H49F3N8O4S. The maximum Gasteiger partial charge on any atom is 0.421 e. The first-order valence-electron chi connectivity index (χ1n) is 17.4. The van der Waals surface area contributed by atoms with Gasteiger partial charge in [0.2, 0.25) is 16.8 Å². The monoisotopic (exact) mass is 734 g/mol. The number of carbonyl (C=O) groups is 1. The molecule has 1 aromatic heterocycles. The summed E-state index contributed by atoms with van der Waals surface area (Å²) in [6, 6.07) is 4.76. The van der Waals surface area contributed by atoms with Gasteiger partial charge in [-0.15, -0.1) is 0 Å². The Hall–Kier alpha value is -3.89. The largest absolute Gasteiger partial charge is 0.499 e. The van der Waals surface area contributed by atoms with E-state index in [1.165, 1.54) is 33.5 Å². The zero-order valence-corrected chi connectivity index (χ0v) is 30.7. The van der Waals surface area contributed by atoms with Crippen molar-refractivity contribution in [2.24, 2.45) is 5.92 Å². The SMILES string of the molecule is COC1=CC(C(=O)NC(C)CC(C)N2CCN(CC3CC3)CC2)=CCC1Nc1ncc(C(F)(F)F)c(NCc2ccc(C)cc2N(C)[SH](=O)=O)n1. The third-order valence-electron chi connectivity index (χ3n) is 9.71. The number of alkyl halides is 3. The van der Waals surface area contributed by atoms with Gasteiger partial charge in [-0.3, -0.25) is 14.0 Å². The van der Waals surface area contributed by atoms with Gasteiger partial charge in [0.05, 0.1) is 18.8 Å². The van der Waals surface area contributed by atoms with E-state index < -0.39 is 34.5 Å². The fourth-order valence-electron chi connectivity index (χ4n) is 6.58. The minimum absolute atomic E-state index is 0.0565. The Morgan fingerprint density at radius 3 is 2.53 bits per heavy atom. The van der Waals surface area contributed by atoms with E-state index in [1.807, 2.05) is 6.92 Å². The van der Waals surface area contributed by atoms with Crippen LogP contribution in [0.25, 0.3) is 0 Å². The molecule has 0 spiro atoms. The van der Waals surface area contributed by atoms with Gasteiger partial charge in [0.25, 0.3) is 5.91 Å². The first kappa shape index (κ1) is 38.3. The highest BCUT2D eigenvalue weighted by Crippen LogP contribution is 2.35. The van der Waals surface area contributed by atoms with Crippen LogP contribution in [0.5, 0.6) is 0 Å². The van der Waals surface area contributed by atoms with Crippen LogP contribution in [0.2, 0.25) is 0 Å². The van der Waals surface area contributed by atoms with Crippen LogP contribution in [0, 0.1) is 12.8 Å². The summed E-state index contributed by atoms with van der Waals surface area (Å²) in [6.45, 7) is 11.3. The lowest BCUT2D eigenvalue weighted by atomic mass is 9.99. The molecule has 3 aliphatic rings. The maximum atomic E-state index is 14.0. The molecule has 280 valence electrons. The van der Waals surface area contributed by atoms with Gasteiger partial charge in [-0.2, -0.15) is 18.2 Å². The first-order valence-corrected chi connectivity index (χ1v) is 18.5. The molecule has 2 aliphatic carbocycles. The number of halogens is 3. The molecule has 1 amide bonds. The van der Waals surface area contributed by atoms with Gasteiger partial charge in [0, 0.05) is 70.2 Å². The maximum absolute atomic E-state index is 14.0. The number of benzene rings is 1. The molecule has 2 heterocycles. The molecule has 5 rings (SSSR count). The zero-order chi connectivity index (χ0) is 36.9. The Morgan fingerprint density at radius 1 is 1.16 bits per heavy atom. The quantitative estimate of drug-likeness (QED) is 0.196. The van der Waals surface area contributed by atoms with Gasteiger partial charge in [0.15, 0.2) is 0 Å². The summed E-state index contributed by atoms with van der Waals surface area (Å²) in [6.07, 6.45) is 3.16. The number of carbonyl (C=O) groups excluding carboxylic acids is 1. The lowest BCUT2D eigenvalue weighted by molar-refractivity contribution is -0.137. The summed E-state index contributed by atoms with van der Waals surface area (Å²) in [4.78, 5) is 26.4. The summed E-state index contributed by atoms with van der Waals surface area (Å²) in [5.41, 5.74) is 0.951. The molecule has 1 aromatic carbocycles. The van der Waals surface area contributed by atoms with Gasteiger partial charge in [-0.05, 0) is 75.6 Å². The fraction of sp³-hybridized carbons (Fsp3) is 0.571. The lowest BCUT2D eigenvalue weighted by Crippen LogP contribution is -2.51. The molecule has 12 nitrogen and oxygen atoms in total. The predicted molar refractivity (Wildman–Crippen MR) is 192 cm³/mol. The van der Waals surface area contributed by atoms with Crippen LogP contribution < -0.4 is 20.3 Å². The number of aromatic nitrogens is 2. The van der Waals surface area contributed by atoms with E-state index >= 15 is 0 Å². The first-order chi connectivity index (χ1) is 24.2. The summed E-state index contributed by atoms with van der Waals surface area (Å²) < 4.78 is 71.8. The number of thiol groups is 1. The van der Waals surface area contributed by atoms with E-state index in [2.05, 4.69) is 42.6 Å². The van der Waals surface area contributed by atoms with Gasteiger partial charge in [-0.25, -0.2) is 13.4 Å². The molecule has 3 atom stereocenters. The zero-order valence-electron chi connectivity index (χ0n) is 29.8. The molecule has 3 N–H and O–H groups in total. The van der Waals surface area contributed by atoms with Crippen LogP contribution in [-0.4, -0.2) is 99.1 Å². The van der Waals surface area contributed by atoms with Crippen molar-refractivity contribution in [2.45, 2.75) is 77.3 Å². The minimum Gasteiger partial charge on any atom is -0.499 e. The summed E-state index contributed by atoms with van der Waals surface area (Å²) in [5.74, 6) is 0.519. The van der Waals surface area contributed by atoms with Crippen LogP contribution in [0.3, 0.4) is 0 Å². The smallest absolute Gasteiger partial charge is 0.421 e. The fourth-order valence-corrected chi connectivity index (χ4v) is 6.95. The number of hydrogen-bond acceptors (Lipinski definition) is 10. The van der Waals surface area contributed by atoms with Crippen LogP contribution in [-0.2, 0) is 33.1 Å². The number of amides is 1. The summed E-state index contributed by atoms with van der Waals surface area (Å²) in [5, 5.41) is 8.87. The van der Waals surface area contributed by atoms with Crippen LogP contribution in [0.15, 0.2) is 47.9 Å². The number of ether oxygens (including phenoxy) is 1. The number of anilines is 3. The Kier molecular flexibility index (Phi) is 12.5. The summed E-state index contributed by atoms with van der Waals surface area (Å²) >= 11 is 0. The number of nitrogens with one attached hydrogen (secondary N) is 3. The van der Waals surface area contributed by atoms with Crippen molar-refractivity contribution in [3.63, 3.8) is 0 Å². The van der Waals surface area contributed by atoms with Gasteiger partial charge in [-0.1, -0.05) is 18.2 Å². The normalized spacial score (nSPS) is 19.9. The number of rotatable bonds is 15. The highest BCUT2D eigenvalue weighted by molar-refractivity contribution is 7.74. The minimum atomic E-state index is -4.75. The molecule has 0 radical (unpaired) electrons. The second kappa shape index (κ2) is 16.6. The third-order valence-corrected chi connectivity index (χ3v) is 10.4. The number of methoxy groups -OCH3 is 1. The topological polar surface area (TPSA) is 132 Å². The Morgan fingerprint density at radius 2 is 1.88 bits per heavy atom. The lowest BCUT2D eigenvalue weighted by Gasteiger charge is -2.39. The van der Waals surface area contributed by atoms with Crippen molar-refractivity contribution in [1.29, 1.82) is 0 Å². The molecule has 1 saturated carbocycles. The number of aryl methyl sites for hydroxylation is 1. The average Bonchev–Trinajstić information content (AvgIpc) is 3.91. The van der Waals surface area contributed by atoms with Gasteiger partial charge < -0.3 is 25.6 Å². The predicted octanol–water partition coefficient (Wildman–Crippen LogP) is 4.33. The Bertz CT molecular complexity index is 1680. The molecule has 16 heteroatoms. The van der Waals surface area contributed by atoms with E-state index in [4.69, 9.17) is 4.74 Å². The van der Waals surface area contributed by atoms with E-state index in [0.717, 1.165) is 48.4 Å². The van der Waals surface area contributed by atoms with Crippen molar-refractivity contribution < 1.29 is 31.1 Å². The molecule has 51 heavy (non-hydrogen) atoms. The molecular weight excluding hydrogens is 685 g/mol.